The summed E-state index contributed by atoms with van der Waals surface area (Å²) >= 11 is 0. The molecule has 0 saturated heterocycles. The zero-order valence-electron chi connectivity index (χ0n) is 16.0. The van der Waals surface area contributed by atoms with Crippen molar-refractivity contribution in [3.05, 3.63) is 23.8 Å². The van der Waals surface area contributed by atoms with Crippen molar-refractivity contribution >= 4 is 5.78 Å². The first-order valence-electron chi connectivity index (χ1n) is 10.1. The molecule has 0 aromatic heterocycles. The van der Waals surface area contributed by atoms with Crippen molar-refractivity contribution in [3.8, 4) is 0 Å². The van der Waals surface area contributed by atoms with Crippen molar-refractivity contribution in [1.29, 1.82) is 0 Å². The Hall–Kier alpha value is -0.970. The summed E-state index contributed by atoms with van der Waals surface area (Å²) in [4.78, 5) is 11.9. The highest BCUT2D eigenvalue weighted by atomic mass is 16.3. The zero-order chi connectivity index (χ0) is 18.9. The third-order valence-electron chi connectivity index (χ3n) is 8.82. The highest BCUT2D eigenvalue weighted by Gasteiger charge is 2.66. The lowest BCUT2D eigenvalue weighted by atomic mass is 9.45. The number of aliphatic hydroxyl groups is 3. The van der Waals surface area contributed by atoms with Crippen LogP contribution in [0.25, 0.3) is 0 Å². The number of fused-ring (bicyclic) bond motifs is 5. The summed E-state index contributed by atoms with van der Waals surface area (Å²) in [6.07, 6.45) is 6.69. The van der Waals surface area contributed by atoms with Crippen LogP contribution in [0.1, 0.15) is 58.8 Å². The number of carbonyl (C=O) groups excluding carboxylic acids is 1. The average Bonchev–Trinajstić information content (AvgIpc) is 2.86. The van der Waals surface area contributed by atoms with Gasteiger partial charge in [0.15, 0.2) is 5.78 Å². The monoisotopic (exact) mass is 360 g/mol. The minimum absolute atomic E-state index is 0.105. The van der Waals surface area contributed by atoms with Crippen LogP contribution in [0.5, 0.6) is 0 Å². The molecule has 4 heteroatoms. The van der Waals surface area contributed by atoms with Gasteiger partial charge in [-0.15, -0.1) is 0 Å². The third kappa shape index (κ3) is 2.15. The van der Waals surface area contributed by atoms with E-state index in [9.17, 15) is 20.1 Å². The lowest BCUT2D eigenvalue weighted by Crippen LogP contribution is -2.60. The summed E-state index contributed by atoms with van der Waals surface area (Å²) in [7, 11) is 0. The van der Waals surface area contributed by atoms with E-state index in [1.54, 1.807) is 0 Å². The molecule has 4 rings (SSSR count). The van der Waals surface area contributed by atoms with Gasteiger partial charge in [-0.2, -0.15) is 0 Å². The molecule has 26 heavy (non-hydrogen) atoms. The molecule has 4 aliphatic carbocycles. The second-order valence-electron chi connectivity index (χ2n) is 9.74. The summed E-state index contributed by atoms with van der Waals surface area (Å²) in [6.45, 7) is 8.06. The first-order valence-corrected chi connectivity index (χ1v) is 10.1. The summed E-state index contributed by atoms with van der Waals surface area (Å²) in [5.74, 6) is 1.04. The van der Waals surface area contributed by atoms with Gasteiger partial charge in [-0.25, -0.2) is 0 Å². The summed E-state index contributed by atoms with van der Waals surface area (Å²) < 4.78 is 0. The fourth-order valence-electron chi connectivity index (χ4n) is 7.40. The molecular formula is C22H32O4. The minimum atomic E-state index is -1.10. The van der Waals surface area contributed by atoms with E-state index in [2.05, 4.69) is 20.4 Å². The van der Waals surface area contributed by atoms with Crippen molar-refractivity contribution < 1.29 is 20.1 Å². The van der Waals surface area contributed by atoms with Crippen LogP contribution in [0.4, 0.5) is 0 Å². The van der Waals surface area contributed by atoms with Gasteiger partial charge in [0.1, 0.15) is 0 Å². The normalized spacial score (nSPS) is 50.5. The Morgan fingerprint density at radius 2 is 2.00 bits per heavy atom. The molecule has 0 radical (unpaired) electrons. The molecule has 0 amide bonds. The molecule has 4 aliphatic rings. The lowest BCUT2D eigenvalue weighted by molar-refractivity contribution is -0.162. The minimum Gasteiger partial charge on any atom is -0.393 e. The Morgan fingerprint density at radius 3 is 2.69 bits per heavy atom. The number of hydrogen-bond donors (Lipinski definition) is 3. The predicted octanol–water partition coefficient (Wildman–Crippen LogP) is 2.77. The van der Waals surface area contributed by atoms with Gasteiger partial charge in [0.25, 0.3) is 0 Å². The van der Waals surface area contributed by atoms with E-state index >= 15 is 0 Å². The molecule has 4 nitrogen and oxygen atoms in total. The molecule has 3 saturated carbocycles. The maximum atomic E-state index is 11.9. The van der Waals surface area contributed by atoms with Gasteiger partial charge >= 0.3 is 0 Å². The lowest BCUT2D eigenvalue weighted by Gasteiger charge is -2.61. The number of carbonyl (C=O) groups is 1. The third-order valence-corrected chi connectivity index (χ3v) is 8.82. The molecule has 3 N–H and O–H groups in total. The van der Waals surface area contributed by atoms with Gasteiger partial charge in [-0.3, -0.25) is 4.79 Å². The molecule has 7 atom stereocenters. The van der Waals surface area contributed by atoms with Gasteiger partial charge in [-0.05, 0) is 73.3 Å². The van der Waals surface area contributed by atoms with Crippen LogP contribution in [0.15, 0.2) is 23.8 Å². The number of ketones is 1. The fourth-order valence-corrected chi connectivity index (χ4v) is 7.40. The average molecular weight is 360 g/mol. The molecule has 0 aliphatic heterocycles. The van der Waals surface area contributed by atoms with E-state index in [1.807, 2.05) is 6.08 Å². The highest BCUT2D eigenvalue weighted by Crippen LogP contribution is 2.68. The van der Waals surface area contributed by atoms with E-state index in [4.69, 9.17) is 0 Å². The molecule has 0 aromatic carbocycles. The van der Waals surface area contributed by atoms with Crippen LogP contribution in [-0.4, -0.2) is 39.4 Å². The van der Waals surface area contributed by atoms with Crippen molar-refractivity contribution in [2.24, 2.45) is 28.6 Å². The van der Waals surface area contributed by atoms with Gasteiger partial charge in [0.2, 0.25) is 0 Å². The Labute approximate surface area is 156 Å². The Morgan fingerprint density at radius 1 is 1.27 bits per heavy atom. The van der Waals surface area contributed by atoms with E-state index in [-0.39, 0.29) is 23.7 Å². The Bertz CT molecular complexity index is 682. The summed E-state index contributed by atoms with van der Waals surface area (Å²) in [6, 6.07) is 0. The van der Waals surface area contributed by atoms with Gasteiger partial charge in [-0.1, -0.05) is 26.0 Å². The van der Waals surface area contributed by atoms with E-state index in [1.165, 1.54) is 5.57 Å². The molecule has 0 bridgehead atoms. The molecule has 0 heterocycles. The maximum Gasteiger partial charge on any atom is 0.155 e. The standard InChI is InChI=1S/C22H32O4/c1-13(12-23)22(26)9-7-17-16-5-4-14-10-15(24)6-8-20(14,2)19(16)18(25)11-21(17,22)3/h10,16-19,23,25-26H,1,4-9,11-12H2,2-3H3. The van der Waals surface area contributed by atoms with Crippen molar-refractivity contribution in [2.75, 3.05) is 6.61 Å². The zero-order valence-corrected chi connectivity index (χ0v) is 16.0. The van der Waals surface area contributed by atoms with Gasteiger partial charge in [0, 0.05) is 11.8 Å². The van der Waals surface area contributed by atoms with Crippen LogP contribution < -0.4 is 0 Å². The molecule has 0 aromatic rings. The van der Waals surface area contributed by atoms with Crippen LogP contribution in [0, 0.1) is 28.6 Å². The number of hydrogen-bond acceptors (Lipinski definition) is 4. The Kier molecular flexibility index (Phi) is 4.08. The Balaban J connectivity index is 1.74. The smallest absolute Gasteiger partial charge is 0.155 e. The van der Waals surface area contributed by atoms with Crippen molar-refractivity contribution in [2.45, 2.75) is 70.5 Å². The maximum absolute atomic E-state index is 11.9. The molecule has 0 spiro atoms. The first-order chi connectivity index (χ1) is 12.2. The van der Waals surface area contributed by atoms with E-state index in [0.717, 1.165) is 25.7 Å². The fraction of sp³-hybridized carbons (Fsp3) is 0.773. The molecule has 144 valence electrons. The number of rotatable bonds is 2. The molecule has 7 unspecified atom stereocenters. The van der Waals surface area contributed by atoms with Crippen LogP contribution in [0.3, 0.4) is 0 Å². The molecular weight excluding hydrogens is 328 g/mol. The van der Waals surface area contributed by atoms with Crippen molar-refractivity contribution in [3.63, 3.8) is 0 Å². The number of aliphatic hydroxyl groups excluding tert-OH is 2. The summed E-state index contributed by atoms with van der Waals surface area (Å²) in [5, 5.41) is 32.3. The second kappa shape index (κ2) is 5.76. The first kappa shape index (κ1) is 18.4. The predicted molar refractivity (Wildman–Crippen MR) is 99.3 cm³/mol. The topological polar surface area (TPSA) is 77.8 Å². The van der Waals surface area contributed by atoms with Crippen LogP contribution >= 0.6 is 0 Å². The van der Waals surface area contributed by atoms with Crippen LogP contribution in [-0.2, 0) is 4.79 Å². The molecule has 3 fully saturated rings. The quantitative estimate of drug-likeness (QED) is 0.662. The largest absolute Gasteiger partial charge is 0.393 e. The highest BCUT2D eigenvalue weighted by molar-refractivity contribution is 5.91. The van der Waals surface area contributed by atoms with Gasteiger partial charge in [0.05, 0.1) is 18.3 Å². The summed E-state index contributed by atoms with van der Waals surface area (Å²) in [5.41, 5.74) is 0.0596. The van der Waals surface area contributed by atoms with E-state index in [0.29, 0.717) is 36.7 Å². The van der Waals surface area contributed by atoms with E-state index < -0.39 is 17.1 Å². The van der Waals surface area contributed by atoms with Crippen molar-refractivity contribution in [1.82, 2.24) is 0 Å². The number of allylic oxidation sites excluding steroid dienone is 1. The SMILES string of the molecule is C=C(CO)C1(O)CCC2C3CCC4=CC(=O)CCC4(C)C3C(O)CC21C. The van der Waals surface area contributed by atoms with Crippen LogP contribution in [0.2, 0.25) is 0 Å². The second-order valence-corrected chi connectivity index (χ2v) is 9.74. The van der Waals surface area contributed by atoms with Gasteiger partial charge < -0.3 is 15.3 Å².